The van der Waals surface area contributed by atoms with Crippen LogP contribution in [0.5, 0.6) is 0 Å². The number of aliphatic imine (C=N–C) groups is 1. The van der Waals surface area contributed by atoms with Crippen molar-refractivity contribution in [3.05, 3.63) is 59.2 Å². The molecule has 1 heterocycles. The van der Waals surface area contributed by atoms with Gasteiger partial charge in [0.15, 0.2) is 0 Å². The van der Waals surface area contributed by atoms with Gasteiger partial charge in [-0.15, -0.1) is 0 Å². The minimum absolute atomic E-state index is 0.0751. The van der Waals surface area contributed by atoms with Gasteiger partial charge >= 0.3 is 12.4 Å². The van der Waals surface area contributed by atoms with Crippen molar-refractivity contribution in [3.8, 4) is 0 Å². The quantitative estimate of drug-likeness (QED) is 0.709. The van der Waals surface area contributed by atoms with E-state index in [2.05, 4.69) is 15.6 Å². The van der Waals surface area contributed by atoms with Gasteiger partial charge < -0.3 is 10.6 Å². The van der Waals surface area contributed by atoms with E-state index in [0.717, 1.165) is 5.56 Å². The SMILES string of the molecule is FC(F)(F)c1cc(NC2=Nc3ccccc3CN2)cc(C(F)(F)F)c1. The lowest BCUT2D eigenvalue weighted by Gasteiger charge is -2.20. The van der Waals surface area contributed by atoms with E-state index in [-0.39, 0.29) is 17.7 Å². The first-order chi connectivity index (χ1) is 11.6. The predicted octanol–water partition coefficient (Wildman–Crippen LogP) is 4.93. The third-order valence-corrected chi connectivity index (χ3v) is 3.52. The van der Waals surface area contributed by atoms with Crippen LogP contribution in [0.25, 0.3) is 0 Å². The maximum Gasteiger partial charge on any atom is 0.416 e. The van der Waals surface area contributed by atoms with E-state index in [1.165, 1.54) is 0 Å². The Kier molecular flexibility index (Phi) is 4.09. The number of hydrogen-bond donors (Lipinski definition) is 2. The summed E-state index contributed by atoms with van der Waals surface area (Å²) in [5, 5.41) is 5.30. The van der Waals surface area contributed by atoms with Crippen LogP contribution in [0.3, 0.4) is 0 Å². The number of alkyl halides is 6. The fourth-order valence-corrected chi connectivity index (χ4v) is 2.34. The van der Waals surface area contributed by atoms with Gasteiger partial charge in [-0.05, 0) is 29.8 Å². The molecule has 3 nitrogen and oxygen atoms in total. The van der Waals surface area contributed by atoms with E-state index >= 15 is 0 Å². The van der Waals surface area contributed by atoms with Crippen LogP contribution >= 0.6 is 0 Å². The molecule has 0 saturated carbocycles. The molecule has 0 fully saturated rings. The second kappa shape index (κ2) is 5.98. The van der Waals surface area contributed by atoms with Gasteiger partial charge in [0.1, 0.15) is 0 Å². The zero-order chi connectivity index (χ0) is 18.2. The summed E-state index contributed by atoms with van der Waals surface area (Å²) in [6, 6.07) is 8.35. The molecule has 1 aliphatic rings. The molecule has 2 aromatic carbocycles. The van der Waals surface area contributed by atoms with E-state index in [9.17, 15) is 26.3 Å². The molecule has 2 aromatic rings. The third kappa shape index (κ3) is 3.86. The summed E-state index contributed by atoms with van der Waals surface area (Å²) in [5.74, 6) is 0.0751. The summed E-state index contributed by atoms with van der Waals surface area (Å²) in [7, 11) is 0. The first-order valence-corrected chi connectivity index (χ1v) is 7.10. The molecule has 132 valence electrons. The summed E-state index contributed by atoms with van der Waals surface area (Å²) >= 11 is 0. The lowest BCUT2D eigenvalue weighted by Crippen LogP contribution is -2.32. The number of rotatable bonds is 1. The number of para-hydroxylation sites is 1. The summed E-state index contributed by atoms with van der Waals surface area (Å²) in [4.78, 5) is 4.16. The highest BCUT2D eigenvalue weighted by atomic mass is 19.4. The summed E-state index contributed by atoms with van der Waals surface area (Å²) in [6.07, 6.45) is -9.79. The predicted molar refractivity (Wildman–Crippen MR) is 80.4 cm³/mol. The van der Waals surface area contributed by atoms with Crippen molar-refractivity contribution >= 4 is 17.3 Å². The average Bonchev–Trinajstić information content (AvgIpc) is 2.53. The average molecular weight is 359 g/mol. The first-order valence-electron chi connectivity index (χ1n) is 7.10. The van der Waals surface area contributed by atoms with Crippen LogP contribution in [-0.4, -0.2) is 5.96 Å². The van der Waals surface area contributed by atoms with Crippen molar-refractivity contribution < 1.29 is 26.3 Å². The van der Waals surface area contributed by atoms with Crippen LogP contribution < -0.4 is 10.6 Å². The number of nitrogens with zero attached hydrogens (tertiary/aromatic N) is 1. The molecular formula is C16H11F6N3. The van der Waals surface area contributed by atoms with Crippen LogP contribution in [0.15, 0.2) is 47.5 Å². The van der Waals surface area contributed by atoms with Crippen molar-refractivity contribution in [2.75, 3.05) is 5.32 Å². The van der Waals surface area contributed by atoms with Crippen LogP contribution in [0.2, 0.25) is 0 Å². The highest BCUT2D eigenvalue weighted by Gasteiger charge is 2.37. The van der Waals surface area contributed by atoms with Crippen LogP contribution in [0.4, 0.5) is 37.7 Å². The van der Waals surface area contributed by atoms with Crippen molar-refractivity contribution in [1.29, 1.82) is 0 Å². The highest BCUT2D eigenvalue weighted by molar-refractivity contribution is 5.96. The number of halogens is 6. The van der Waals surface area contributed by atoms with E-state index < -0.39 is 23.5 Å². The Balaban J connectivity index is 1.96. The molecule has 0 spiro atoms. The number of fused-ring (bicyclic) bond motifs is 1. The van der Waals surface area contributed by atoms with E-state index in [4.69, 9.17) is 0 Å². The molecule has 25 heavy (non-hydrogen) atoms. The monoisotopic (exact) mass is 359 g/mol. The zero-order valence-electron chi connectivity index (χ0n) is 12.5. The van der Waals surface area contributed by atoms with Crippen LogP contribution in [0.1, 0.15) is 16.7 Å². The van der Waals surface area contributed by atoms with Gasteiger partial charge in [-0.2, -0.15) is 26.3 Å². The lowest BCUT2D eigenvalue weighted by molar-refractivity contribution is -0.143. The molecule has 0 aromatic heterocycles. The molecular weight excluding hydrogens is 348 g/mol. The molecule has 0 atom stereocenters. The summed E-state index contributed by atoms with van der Waals surface area (Å²) in [6.45, 7) is 0.354. The Morgan fingerprint density at radius 1 is 0.880 bits per heavy atom. The van der Waals surface area contributed by atoms with Gasteiger partial charge in [0.05, 0.1) is 16.8 Å². The molecule has 0 aliphatic carbocycles. The maximum atomic E-state index is 12.9. The molecule has 0 radical (unpaired) electrons. The molecule has 9 heteroatoms. The fraction of sp³-hybridized carbons (Fsp3) is 0.188. The van der Waals surface area contributed by atoms with Crippen molar-refractivity contribution in [2.24, 2.45) is 4.99 Å². The van der Waals surface area contributed by atoms with E-state index in [1.807, 2.05) is 6.07 Å². The van der Waals surface area contributed by atoms with E-state index in [1.54, 1.807) is 18.2 Å². The number of hydrogen-bond acceptors (Lipinski definition) is 3. The standard InChI is InChI=1S/C16H11F6N3/c17-15(18,19)10-5-11(16(20,21)22)7-12(6-10)24-14-23-8-9-3-1-2-4-13(9)25-14/h1-7H,8H2,(H2,23,24,25). The van der Waals surface area contributed by atoms with Crippen LogP contribution in [0, 0.1) is 0 Å². The summed E-state index contributed by atoms with van der Waals surface area (Å²) in [5.41, 5.74) is -1.67. The molecule has 1 aliphatic heterocycles. The first kappa shape index (κ1) is 17.1. The van der Waals surface area contributed by atoms with Gasteiger partial charge in [-0.3, -0.25) is 0 Å². The number of guanidine groups is 1. The lowest BCUT2D eigenvalue weighted by atomic mass is 10.1. The Morgan fingerprint density at radius 3 is 2.08 bits per heavy atom. The number of benzene rings is 2. The molecule has 0 bridgehead atoms. The molecule has 0 unspecified atom stereocenters. The normalized spacial score (nSPS) is 14.4. The van der Waals surface area contributed by atoms with Crippen LogP contribution in [-0.2, 0) is 18.9 Å². The maximum absolute atomic E-state index is 12.9. The molecule has 0 amide bonds. The van der Waals surface area contributed by atoms with E-state index in [0.29, 0.717) is 24.4 Å². The third-order valence-electron chi connectivity index (χ3n) is 3.52. The van der Waals surface area contributed by atoms with Crippen molar-refractivity contribution in [2.45, 2.75) is 18.9 Å². The Morgan fingerprint density at radius 2 is 1.48 bits per heavy atom. The molecule has 0 saturated heterocycles. The second-order valence-electron chi connectivity index (χ2n) is 5.36. The van der Waals surface area contributed by atoms with Crippen molar-refractivity contribution in [3.63, 3.8) is 0 Å². The molecule has 3 rings (SSSR count). The Labute approximate surface area is 138 Å². The molecule has 2 N–H and O–H groups in total. The minimum Gasteiger partial charge on any atom is -0.352 e. The van der Waals surface area contributed by atoms with Gasteiger partial charge in [0.2, 0.25) is 5.96 Å². The smallest absolute Gasteiger partial charge is 0.352 e. The topological polar surface area (TPSA) is 36.4 Å². The van der Waals surface area contributed by atoms with Crippen molar-refractivity contribution in [1.82, 2.24) is 5.32 Å². The van der Waals surface area contributed by atoms with Gasteiger partial charge in [0, 0.05) is 12.2 Å². The highest BCUT2D eigenvalue weighted by Crippen LogP contribution is 2.37. The number of anilines is 1. The van der Waals surface area contributed by atoms with Gasteiger partial charge in [-0.25, -0.2) is 4.99 Å². The second-order valence-corrected chi connectivity index (χ2v) is 5.36. The zero-order valence-corrected chi connectivity index (χ0v) is 12.5. The largest absolute Gasteiger partial charge is 0.416 e. The minimum atomic E-state index is -4.90. The fourth-order valence-electron chi connectivity index (χ4n) is 2.34. The summed E-state index contributed by atoms with van der Waals surface area (Å²) < 4.78 is 77.2. The van der Waals surface area contributed by atoms with Gasteiger partial charge in [-0.1, -0.05) is 18.2 Å². The Hall–Kier alpha value is -2.71. The van der Waals surface area contributed by atoms with Gasteiger partial charge in [0.25, 0.3) is 0 Å². The number of nitrogens with one attached hydrogen (secondary N) is 2. The Bertz CT molecular complexity index is 791.